The Morgan fingerprint density at radius 1 is 1.48 bits per heavy atom. The van der Waals surface area contributed by atoms with Crippen LogP contribution in [0.25, 0.3) is 0 Å². The van der Waals surface area contributed by atoms with Crippen LogP contribution in [0.5, 0.6) is 0 Å². The largest absolute Gasteiger partial charge is 0.378 e. The monoisotopic (exact) mass is 291 g/mol. The lowest BCUT2D eigenvalue weighted by atomic mass is 10.1. The molecule has 1 aliphatic heterocycles. The molecule has 1 aliphatic rings. The van der Waals surface area contributed by atoms with Gasteiger partial charge in [0.15, 0.2) is 0 Å². The first kappa shape index (κ1) is 15.8. The van der Waals surface area contributed by atoms with E-state index in [1.165, 1.54) is 0 Å². The minimum absolute atomic E-state index is 0.0681. The predicted molar refractivity (Wildman–Crippen MR) is 83.2 cm³/mol. The highest BCUT2D eigenvalue weighted by atomic mass is 16.5. The molecule has 1 amide bonds. The van der Waals surface area contributed by atoms with Gasteiger partial charge in [0.1, 0.15) is 5.82 Å². The summed E-state index contributed by atoms with van der Waals surface area (Å²) in [5.41, 5.74) is 1.07. The van der Waals surface area contributed by atoms with Crippen LogP contribution in [-0.4, -0.2) is 37.2 Å². The summed E-state index contributed by atoms with van der Waals surface area (Å²) in [6, 6.07) is 3.95. The van der Waals surface area contributed by atoms with Crippen molar-refractivity contribution in [1.82, 2.24) is 10.3 Å². The highest BCUT2D eigenvalue weighted by Gasteiger charge is 2.17. The van der Waals surface area contributed by atoms with E-state index in [-0.39, 0.29) is 11.8 Å². The number of nitrogens with zero attached hydrogens (tertiary/aromatic N) is 2. The second kappa shape index (κ2) is 7.98. The average Bonchev–Trinajstić information content (AvgIpc) is 2.54. The number of carbonyl (C=O) groups is 1. The first-order valence-corrected chi connectivity index (χ1v) is 7.76. The Hall–Kier alpha value is -1.62. The number of hydrogen-bond donors (Lipinski definition) is 1. The fourth-order valence-electron chi connectivity index (χ4n) is 2.55. The fourth-order valence-corrected chi connectivity index (χ4v) is 2.55. The zero-order valence-corrected chi connectivity index (χ0v) is 13.0. The number of morpholine rings is 1. The highest BCUT2D eigenvalue weighted by molar-refractivity contribution is 5.78. The molecule has 116 valence electrons. The molecule has 0 saturated carbocycles. The lowest BCUT2D eigenvalue weighted by Crippen LogP contribution is -2.38. The number of rotatable bonds is 6. The third kappa shape index (κ3) is 4.43. The Morgan fingerprint density at radius 2 is 2.24 bits per heavy atom. The van der Waals surface area contributed by atoms with Crippen molar-refractivity contribution >= 4 is 11.7 Å². The zero-order valence-electron chi connectivity index (χ0n) is 13.0. The molecule has 21 heavy (non-hydrogen) atoms. The van der Waals surface area contributed by atoms with E-state index < -0.39 is 0 Å². The fraction of sp³-hybridized carbons (Fsp3) is 0.625. The van der Waals surface area contributed by atoms with Gasteiger partial charge in [0.05, 0.1) is 13.2 Å². The van der Waals surface area contributed by atoms with Crippen LogP contribution in [0.15, 0.2) is 18.3 Å². The molecule has 1 aromatic rings. The number of aromatic nitrogens is 1. The number of amides is 1. The van der Waals surface area contributed by atoms with Gasteiger partial charge in [-0.15, -0.1) is 0 Å². The maximum Gasteiger partial charge on any atom is 0.223 e. The van der Waals surface area contributed by atoms with Crippen molar-refractivity contribution in [2.75, 3.05) is 31.2 Å². The molecule has 1 N–H and O–H groups in total. The molecular weight excluding hydrogens is 266 g/mol. The third-order valence-corrected chi connectivity index (χ3v) is 3.80. The van der Waals surface area contributed by atoms with Crippen molar-refractivity contribution in [3.8, 4) is 0 Å². The molecular formula is C16H25N3O2. The zero-order chi connectivity index (χ0) is 15.1. The second-order valence-electron chi connectivity index (χ2n) is 5.49. The molecule has 1 fully saturated rings. The van der Waals surface area contributed by atoms with Gasteiger partial charge in [-0.3, -0.25) is 4.79 Å². The molecule has 5 heteroatoms. The van der Waals surface area contributed by atoms with Gasteiger partial charge in [-0.05, 0) is 12.5 Å². The van der Waals surface area contributed by atoms with E-state index in [1.807, 2.05) is 19.1 Å². The minimum Gasteiger partial charge on any atom is -0.378 e. The minimum atomic E-state index is 0.0681. The molecule has 1 saturated heterocycles. The van der Waals surface area contributed by atoms with Crippen molar-refractivity contribution in [2.45, 2.75) is 33.2 Å². The lowest BCUT2D eigenvalue weighted by molar-refractivity contribution is -0.124. The molecule has 0 aromatic carbocycles. The van der Waals surface area contributed by atoms with E-state index in [0.717, 1.165) is 50.5 Å². The van der Waals surface area contributed by atoms with Crippen molar-refractivity contribution in [3.63, 3.8) is 0 Å². The Labute approximate surface area is 126 Å². The van der Waals surface area contributed by atoms with Gasteiger partial charge in [0.25, 0.3) is 0 Å². The van der Waals surface area contributed by atoms with Gasteiger partial charge in [-0.2, -0.15) is 0 Å². The van der Waals surface area contributed by atoms with Crippen LogP contribution in [0.1, 0.15) is 32.3 Å². The molecule has 1 atom stereocenters. The Balaban J connectivity index is 1.98. The molecule has 0 spiro atoms. The summed E-state index contributed by atoms with van der Waals surface area (Å²) in [5.74, 6) is 1.15. The van der Waals surface area contributed by atoms with Crippen LogP contribution in [0.3, 0.4) is 0 Å². The van der Waals surface area contributed by atoms with Crippen LogP contribution in [0.2, 0.25) is 0 Å². The van der Waals surface area contributed by atoms with Crippen molar-refractivity contribution in [1.29, 1.82) is 0 Å². The van der Waals surface area contributed by atoms with E-state index in [4.69, 9.17) is 4.74 Å². The van der Waals surface area contributed by atoms with Gasteiger partial charge in [-0.25, -0.2) is 4.98 Å². The van der Waals surface area contributed by atoms with E-state index in [1.54, 1.807) is 6.20 Å². The first-order valence-electron chi connectivity index (χ1n) is 7.76. The van der Waals surface area contributed by atoms with Gasteiger partial charge in [0, 0.05) is 37.3 Å². The molecule has 0 aliphatic carbocycles. The predicted octanol–water partition coefficient (Wildman–Crippen LogP) is 1.97. The number of nitrogens with one attached hydrogen (secondary N) is 1. The van der Waals surface area contributed by atoms with Crippen LogP contribution in [0, 0.1) is 5.92 Å². The molecule has 2 rings (SSSR count). The Morgan fingerprint density at radius 3 is 2.95 bits per heavy atom. The summed E-state index contributed by atoms with van der Waals surface area (Å²) in [7, 11) is 0. The number of pyridine rings is 1. The Kier molecular flexibility index (Phi) is 5.99. The summed E-state index contributed by atoms with van der Waals surface area (Å²) in [6.45, 7) is 7.78. The molecule has 1 aromatic heterocycles. The van der Waals surface area contributed by atoms with E-state index in [9.17, 15) is 4.79 Å². The standard InChI is InChI=1S/C16H25N3O2/c1-3-5-13(2)16(20)18-12-14-6-4-7-17-15(14)19-8-10-21-11-9-19/h4,6-7,13H,3,5,8-12H2,1-2H3,(H,18,20)/t13-/m0/s1. The van der Waals surface area contributed by atoms with Crippen LogP contribution in [0.4, 0.5) is 5.82 Å². The summed E-state index contributed by atoms with van der Waals surface area (Å²) >= 11 is 0. The quantitative estimate of drug-likeness (QED) is 0.870. The third-order valence-electron chi connectivity index (χ3n) is 3.80. The Bertz CT molecular complexity index is 459. The average molecular weight is 291 g/mol. The molecule has 0 radical (unpaired) electrons. The number of anilines is 1. The van der Waals surface area contributed by atoms with Gasteiger partial charge >= 0.3 is 0 Å². The smallest absolute Gasteiger partial charge is 0.223 e. The maximum absolute atomic E-state index is 12.0. The molecule has 5 nitrogen and oxygen atoms in total. The maximum atomic E-state index is 12.0. The number of ether oxygens (including phenoxy) is 1. The van der Waals surface area contributed by atoms with E-state index in [0.29, 0.717) is 6.54 Å². The number of carbonyl (C=O) groups excluding carboxylic acids is 1. The van der Waals surface area contributed by atoms with E-state index >= 15 is 0 Å². The van der Waals surface area contributed by atoms with Crippen molar-refractivity contribution < 1.29 is 9.53 Å². The van der Waals surface area contributed by atoms with Crippen molar-refractivity contribution in [2.24, 2.45) is 5.92 Å². The normalized spacial score (nSPS) is 16.6. The summed E-state index contributed by atoms with van der Waals surface area (Å²) in [6.07, 6.45) is 3.76. The van der Waals surface area contributed by atoms with Crippen LogP contribution in [-0.2, 0) is 16.1 Å². The lowest BCUT2D eigenvalue weighted by Gasteiger charge is -2.29. The molecule has 0 unspecified atom stereocenters. The van der Waals surface area contributed by atoms with Crippen LogP contribution < -0.4 is 10.2 Å². The molecule has 2 heterocycles. The summed E-state index contributed by atoms with van der Waals surface area (Å²) in [4.78, 5) is 18.7. The van der Waals surface area contributed by atoms with Gasteiger partial charge in [-0.1, -0.05) is 26.3 Å². The summed E-state index contributed by atoms with van der Waals surface area (Å²) < 4.78 is 5.38. The van der Waals surface area contributed by atoms with Crippen LogP contribution >= 0.6 is 0 Å². The number of hydrogen-bond acceptors (Lipinski definition) is 4. The summed E-state index contributed by atoms with van der Waals surface area (Å²) in [5, 5.41) is 3.03. The molecule has 0 bridgehead atoms. The SMILES string of the molecule is CCC[C@H](C)C(=O)NCc1cccnc1N1CCOCC1. The highest BCUT2D eigenvalue weighted by Crippen LogP contribution is 2.18. The first-order chi connectivity index (χ1) is 10.2. The van der Waals surface area contributed by atoms with Crippen molar-refractivity contribution in [3.05, 3.63) is 23.9 Å². The van der Waals surface area contributed by atoms with E-state index in [2.05, 4.69) is 22.1 Å². The van der Waals surface area contributed by atoms with Gasteiger partial charge in [0.2, 0.25) is 5.91 Å². The second-order valence-corrected chi connectivity index (χ2v) is 5.49. The van der Waals surface area contributed by atoms with Gasteiger partial charge < -0.3 is 15.0 Å². The topological polar surface area (TPSA) is 54.5 Å².